The van der Waals surface area contributed by atoms with Gasteiger partial charge in [-0.1, -0.05) is 0 Å². The second kappa shape index (κ2) is 10.6. The first-order valence-corrected chi connectivity index (χ1v) is 10.2. The highest BCUT2D eigenvalue weighted by Gasteiger charge is 2.51. The lowest BCUT2D eigenvalue weighted by atomic mass is 10.1. The Hall–Kier alpha value is 0.800. The lowest BCUT2D eigenvalue weighted by Crippen LogP contribution is -2.50. The van der Waals surface area contributed by atoms with Crippen molar-refractivity contribution in [2.45, 2.75) is 44.1 Å². The van der Waals surface area contributed by atoms with Gasteiger partial charge in [0.1, 0.15) is 31.2 Å². The van der Waals surface area contributed by atoms with E-state index in [9.17, 15) is 0 Å². The summed E-state index contributed by atoms with van der Waals surface area (Å²) in [5.74, 6) is -0.607. The van der Waals surface area contributed by atoms with Gasteiger partial charge >= 0.3 is 0 Å². The fraction of sp³-hybridized carbons (Fsp3) is 1.00. The van der Waals surface area contributed by atoms with E-state index in [0.29, 0.717) is 13.2 Å². The molecule has 2 aliphatic rings. The molecule has 0 aromatic rings. The normalized spacial score (nSPS) is 33.0. The Kier molecular flexibility index (Phi) is 10.1. The van der Waals surface area contributed by atoms with E-state index in [1.54, 1.807) is 21.3 Å². The number of ether oxygens (including phenoxy) is 6. The molecule has 2 aliphatic heterocycles. The van der Waals surface area contributed by atoms with Crippen LogP contribution in [0.5, 0.6) is 0 Å². The Morgan fingerprint density at radius 1 is 1.27 bits per heavy atom. The zero-order chi connectivity index (χ0) is 16.6. The Bertz CT molecular complexity index is 308. The minimum atomic E-state index is -0.607. The molecular weight excluding hydrogens is 427 g/mol. The Morgan fingerprint density at radius 2 is 1.95 bits per heavy atom. The van der Waals surface area contributed by atoms with Gasteiger partial charge in [-0.05, 0) is 13.8 Å². The summed E-state index contributed by atoms with van der Waals surface area (Å²) in [6, 6.07) is 0. The van der Waals surface area contributed by atoms with Crippen LogP contribution in [-0.2, 0) is 32.6 Å². The average Bonchev–Trinajstić information content (AvgIpc) is 2.77. The Balaban J connectivity index is 0.000000745. The molecule has 0 amide bonds. The molecular formula is C13H25IO7S. The molecule has 0 aliphatic carbocycles. The highest BCUT2D eigenvalue weighted by molar-refractivity contribution is 14.2. The molecule has 2 heterocycles. The van der Waals surface area contributed by atoms with E-state index < -0.39 is 5.79 Å². The van der Waals surface area contributed by atoms with Crippen molar-refractivity contribution in [2.24, 2.45) is 0 Å². The molecule has 2 fully saturated rings. The van der Waals surface area contributed by atoms with Gasteiger partial charge < -0.3 is 28.4 Å². The topological polar surface area (TPSA) is 64.6 Å². The van der Waals surface area contributed by atoms with E-state index in [1.807, 2.05) is 13.8 Å². The molecule has 0 bridgehead atoms. The van der Waals surface area contributed by atoms with Gasteiger partial charge in [-0.3, -0.25) is 4.18 Å². The summed E-state index contributed by atoms with van der Waals surface area (Å²) >= 11 is 2.09. The third-order valence-corrected chi connectivity index (χ3v) is 3.97. The van der Waals surface area contributed by atoms with Crippen LogP contribution in [0, 0.1) is 0 Å². The minimum absolute atomic E-state index is 0.113. The van der Waals surface area contributed by atoms with Crippen molar-refractivity contribution in [2.75, 3.05) is 41.3 Å². The standard InChI is InChI=1S/C11H19IO6S.C2H6O/c1-11(2)15-5-8-9(17-11)10(18-19-12)7(16-8)4-14-6-13-3;1-3-2/h7-10H,4-6H2,1-3H3;1-2H3/t7?,8-,9+,10?;/m0./s1. The van der Waals surface area contributed by atoms with Gasteiger partial charge in [0.2, 0.25) is 0 Å². The number of fused-ring (bicyclic) bond motifs is 1. The van der Waals surface area contributed by atoms with Gasteiger partial charge in [-0.15, -0.1) is 0 Å². The molecule has 0 saturated carbocycles. The molecule has 0 radical (unpaired) electrons. The molecule has 22 heavy (non-hydrogen) atoms. The van der Waals surface area contributed by atoms with Gasteiger partial charge in [0.15, 0.2) is 5.79 Å². The molecule has 0 aromatic carbocycles. The van der Waals surface area contributed by atoms with Gasteiger partial charge in [0, 0.05) is 42.5 Å². The Labute approximate surface area is 148 Å². The predicted molar refractivity (Wildman–Crippen MR) is 90.8 cm³/mol. The first-order valence-electron chi connectivity index (χ1n) is 6.87. The summed E-state index contributed by atoms with van der Waals surface area (Å²) < 4.78 is 37.6. The van der Waals surface area contributed by atoms with Gasteiger partial charge in [0.05, 0.1) is 22.4 Å². The molecule has 2 unspecified atom stereocenters. The van der Waals surface area contributed by atoms with Crippen molar-refractivity contribution in [3.8, 4) is 0 Å². The van der Waals surface area contributed by atoms with Crippen molar-refractivity contribution in [1.82, 2.24) is 0 Å². The van der Waals surface area contributed by atoms with Crippen LogP contribution in [-0.4, -0.2) is 71.5 Å². The van der Waals surface area contributed by atoms with E-state index in [1.165, 1.54) is 9.21 Å². The van der Waals surface area contributed by atoms with Crippen molar-refractivity contribution < 1.29 is 32.6 Å². The van der Waals surface area contributed by atoms with Crippen LogP contribution < -0.4 is 0 Å². The van der Waals surface area contributed by atoms with Crippen LogP contribution in [0.4, 0.5) is 0 Å². The number of methoxy groups -OCH3 is 2. The van der Waals surface area contributed by atoms with Crippen molar-refractivity contribution in [1.29, 1.82) is 0 Å². The quantitative estimate of drug-likeness (QED) is 0.263. The first-order chi connectivity index (χ1) is 10.5. The zero-order valence-corrected chi connectivity index (χ0v) is 16.5. The lowest BCUT2D eigenvalue weighted by Gasteiger charge is -2.38. The van der Waals surface area contributed by atoms with E-state index in [2.05, 4.69) is 25.9 Å². The monoisotopic (exact) mass is 452 g/mol. The largest absolute Gasteiger partial charge is 0.388 e. The van der Waals surface area contributed by atoms with Crippen LogP contribution in [0.25, 0.3) is 0 Å². The number of rotatable bonds is 6. The third kappa shape index (κ3) is 6.36. The smallest absolute Gasteiger partial charge is 0.163 e. The molecule has 2 saturated heterocycles. The predicted octanol–water partition coefficient (Wildman–Crippen LogP) is 2.17. The van der Waals surface area contributed by atoms with E-state index in [4.69, 9.17) is 27.9 Å². The maximum absolute atomic E-state index is 5.92. The van der Waals surface area contributed by atoms with Crippen LogP contribution in [0.2, 0.25) is 0 Å². The molecule has 0 N–H and O–H groups in total. The number of hydrogen-bond donors (Lipinski definition) is 0. The summed E-state index contributed by atoms with van der Waals surface area (Å²) in [5, 5.41) is 0. The van der Waals surface area contributed by atoms with Crippen LogP contribution in [0.3, 0.4) is 0 Å². The summed E-state index contributed by atoms with van der Waals surface area (Å²) in [6.07, 6.45) is -0.600. The van der Waals surface area contributed by atoms with Gasteiger partial charge in [0.25, 0.3) is 0 Å². The summed E-state index contributed by atoms with van der Waals surface area (Å²) in [6.45, 7) is 4.94. The fourth-order valence-corrected chi connectivity index (χ4v) is 3.30. The summed E-state index contributed by atoms with van der Waals surface area (Å²) in [7, 11) is 6.12. The second-order valence-corrected chi connectivity index (χ2v) is 6.71. The van der Waals surface area contributed by atoms with Gasteiger partial charge in [-0.2, -0.15) is 0 Å². The second-order valence-electron chi connectivity index (χ2n) is 5.32. The van der Waals surface area contributed by atoms with E-state index in [-0.39, 0.29) is 31.2 Å². The maximum Gasteiger partial charge on any atom is 0.163 e. The number of hydrogen-bond acceptors (Lipinski definition) is 8. The molecule has 132 valence electrons. The van der Waals surface area contributed by atoms with E-state index in [0.717, 1.165) is 0 Å². The number of halogens is 1. The zero-order valence-electron chi connectivity index (χ0n) is 13.6. The summed E-state index contributed by atoms with van der Waals surface area (Å²) in [5.41, 5.74) is 0. The molecule has 0 spiro atoms. The van der Waals surface area contributed by atoms with Crippen LogP contribution in [0.15, 0.2) is 0 Å². The highest BCUT2D eigenvalue weighted by Crippen LogP contribution is 2.37. The first kappa shape index (κ1) is 20.8. The fourth-order valence-electron chi connectivity index (χ4n) is 2.26. The van der Waals surface area contributed by atoms with Crippen LogP contribution >= 0.6 is 30.4 Å². The van der Waals surface area contributed by atoms with Crippen molar-refractivity contribution in [3.63, 3.8) is 0 Å². The highest BCUT2D eigenvalue weighted by atomic mass is 127. The lowest BCUT2D eigenvalue weighted by molar-refractivity contribution is -0.298. The average molecular weight is 452 g/mol. The Morgan fingerprint density at radius 3 is 2.55 bits per heavy atom. The molecule has 4 atom stereocenters. The summed E-state index contributed by atoms with van der Waals surface area (Å²) in [4.78, 5) is 0. The van der Waals surface area contributed by atoms with Crippen LogP contribution in [0.1, 0.15) is 13.8 Å². The van der Waals surface area contributed by atoms with Crippen molar-refractivity contribution >= 4 is 30.4 Å². The third-order valence-electron chi connectivity index (χ3n) is 3.05. The van der Waals surface area contributed by atoms with Crippen molar-refractivity contribution in [3.05, 3.63) is 0 Å². The molecule has 2 rings (SSSR count). The maximum atomic E-state index is 5.92. The molecule has 9 heteroatoms. The van der Waals surface area contributed by atoms with E-state index >= 15 is 0 Å². The molecule has 0 aromatic heterocycles. The SMILES string of the molecule is COC.COCOCC1O[C@H]2COC(C)(C)O[C@H]2C1OSI. The molecule has 7 nitrogen and oxygen atoms in total. The minimum Gasteiger partial charge on any atom is -0.388 e. The van der Waals surface area contributed by atoms with Gasteiger partial charge in [-0.25, -0.2) is 0 Å².